The molecule has 6 heteroatoms. The summed E-state index contributed by atoms with van der Waals surface area (Å²) < 4.78 is 17.7. The van der Waals surface area contributed by atoms with Gasteiger partial charge in [-0.15, -0.1) is 0 Å². The molecule has 3 aromatic rings. The summed E-state index contributed by atoms with van der Waals surface area (Å²) >= 11 is 1.45. The van der Waals surface area contributed by atoms with Gasteiger partial charge in [-0.05, 0) is 29.6 Å². The summed E-state index contributed by atoms with van der Waals surface area (Å²) in [7, 11) is 1.68. The van der Waals surface area contributed by atoms with Crippen molar-refractivity contribution in [2.45, 2.75) is 13.0 Å². The van der Waals surface area contributed by atoms with Gasteiger partial charge >= 0.3 is 0 Å². The summed E-state index contributed by atoms with van der Waals surface area (Å²) in [6, 6.07) is 6.07. The fourth-order valence-corrected chi connectivity index (χ4v) is 3.56. The number of rotatable bonds is 4. The lowest BCUT2D eigenvalue weighted by molar-refractivity contribution is 0.198. The Morgan fingerprint density at radius 3 is 3.22 bits per heavy atom. The lowest BCUT2D eigenvalue weighted by atomic mass is 9.96. The summed E-state index contributed by atoms with van der Waals surface area (Å²) in [6.07, 6.45) is 6.70. The van der Waals surface area contributed by atoms with E-state index in [9.17, 15) is 0 Å². The number of para-hydroxylation sites is 1. The number of methoxy groups -OCH3 is 1. The third-order valence-corrected chi connectivity index (χ3v) is 4.70. The molecule has 0 saturated carbocycles. The van der Waals surface area contributed by atoms with Crippen molar-refractivity contribution >= 4 is 11.5 Å². The Morgan fingerprint density at radius 2 is 2.39 bits per heavy atom. The van der Waals surface area contributed by atoms with Gasteiger partial charge in [-0.25, -0.2) is 9.36 Å². The van der Waals surface area contributed by atoms with E-state index in [0.717, 1.165) is 35.9 Å². The van der Waals surface area contributed by atoms with E-state index in [2.05, 4.69) is 20.0 Å². The number of imidazole rings is 1. The average molecular weight is 327 g/mol. The Balaban J connectivity index is 1.54. The van der Waals surface area contributed by atoms with Crippen LogP contribution in [0.1, 0.15) is 5.56 Å². The number of aromatic nitrogens is 3. The molecular formula is C17H17N3O2S. The van der Waals surface area contributed by atoms with E-state index in [1.165, 1.54) is 17.1 Å². The van der Waals surface area contributed by atoms with Crippen molar-refractivity contribution in [1.82, 2.24) is 13.9 Å². The molecule has 1 unspecified atom stereocenters. The first-order valence-electron chi connectivity index (χ1n) is 7.54. The third kappa shape index (κ3) is 2.70. The lowest BCUT2D eigenvalue weighted by Gasteiger charge is -2.27. The highest BCUT2D eigenvalue weighted by molar-refractivity contribution is 7.03. The highest BCUT2D eigenvalue weighted by Gasteiger charge is 2.23. The number of hydrogen-bond acceptors (Lipinski definition) is 5. The zero-order chi connectivity index (χ0) is 15.6. The quantitative estimate of drug-likeness (QED) is 0.738. The minimum absolute atomic E-state index is 0.411. The maximum atomic E-state index is 5.97. The molecule has 1 atom stereocenters. The zero-order valence-electron chi connectivity index (χ0n) is 12.8. The number of benzene rings is 1. The van der Waals surface area contributed by atoms with Gasteiger partial charge in [0.05, 0.1) is 19.9 Å². The fraction of sp³-hybridized carbons (Fsp3) is 0.294. The Morgan fingerprint density at radius 1 is 1.43 bits per heavy atom. The first kappa shape index (κ1) is 14.3. The third-order valence-electron chi connectivity index (χ3n) is 4.11. The van der Waals surface area contributed by atoms with E-state index >= 15 is 0 Å². The second-order valence-corrected chi connectivity index (χ2v) is 6.30. The first-order chi connectivity index (χ1) is 11.3. The Bertz CT molecular complexity index is 798. The van der Waals surface area contributed by atoms with Gasteiger partial charge in [0.1, 0.15) is 5.82 Å². The van der Waals surface area contributed by atoms with Crippen LogP contribution in [0, 0.1) is 5.92 Å². The molecule has 0 bridgehead atoms. The molecule has 118 valence electrons. The predicted octanol–water partition coefficient (Wildman–Crippen LogP) is 3.27. The van der Waals surface area contributed by atoms with Gasteiger partial charge in [0, 0.05) is 35.8 Å². The molecule has 1 aliphatic rings. The van der Waals surface area contributed by atoms with Gasteiger partial charge < -0.3 is 14.0 Å². The van der Waals surface area contributed by atoms with Crippen LogP contribution in [0.2, 0.25) is 0 Å². The van der Waals surface area contributed by atoms with Crippen LogP contribution in [0.5, 0.6) is 11.5 Å². The summed E-state index contributed by atoms with van der Waals surface area (Å²) in [4.78, 5) is 4.46. The molecule has 3 heterocycles. The van der Waals surface area contributed by atoms with Crippen LogP contribution in [0.3, 0.4) is 0 Å². The van der Waals surface area contributed by atoms with Gasteiger partial charge in [-0.1, -0.05) is 12.1 Å². The second kappa shape index (κ2) is 6.04. The molecule has 1 aliphatic heterocycles. The summed E-state index contributed by atoms with van der Waals surface area (Å²) in [6.45, 7) is 1.56. The normalized spacial score (nSPS) is 16.7. The van der Waals surface area contributed by atoms with E-state index in [0.29, 0.717) is 12.5 Å². The van der Waals surface area contributed by atoms with Gasteiger partial charge in [0.15, 0.2) is 11.5 Å². The highest BCUT2D eigenvalue weighted by atomic mass is 32.1. The van der Waals surface area contributed by atoms with Gasteiger partial charge in [0.25, 0.3) is 0 Å². The van der Waals surface area contributed by atoms with Crippen molar-refractivity contribution in [2.24, 2.45) is 5.92 Å². The molecule has 5 nitrogen and oxygen atoms in total. The van der Waals surface area contributed by atoms with E-state index in [1.54, 1.807) is 7.11 Å². The van der Waals surface area contributed by atoms with Crippen LogP contribution < -0.4 is 9.47 Å². The Kier molecular flexibility index (Phi) is 3.75. The van der Waals surface area contributed by atoms with Gasteiger partial charge in [-0.3, -0.25) is 0 Å². The van der Waals surface area contributed by atoms with Crippen molar-refractivity contribution in [3.8, 4) is 22.9 Å². The summed E-state index contributed by atoms with van der Waals surface area (Å²) in [5.41, 5.74) is 2.28. The topological polar surface area (TPSA) is 49.2 Å². The zero-order valence-corrected chi connectivity index (χ0v) is 13.6. The van der Waals surface area contributed by atoms with Crippen LogP contribution >= 0.6 is 11.5 Å². The Labute approximate surface area is 138 Å². The van der Waals surface area contributed by atoms with E-state index in [-0.39, 0.29) is 0 Å². The number of ether oxygens (including phenoxy) is 2. The standard InChI is InChI=1S/C17H17N3O2S/c1-21-15-4-2-3-13-7-12(10-22-16(13)15)9-20-6-5-18-17(20)14-8-19-23-11-14/h2-6,8,11-12H,7,9-10H2,1H3. The lowest BCUT2D eigenvalue weighted by Crippen LogP contribution is -2.25. The van der Waals surface area contributed by atoms with E-state index in [4.69, 9.17) is 9.47 Å². The molecule has 0 aliphatic carbocycles. The maximum Gasteiger partial charge on any atom is 0.164 e. The number of nitrogens with zero attached hydrogens (tertiary/aromatic N) is 3. The van der Waals surface area contributed by atoms with Crippen molar-refractivity contribution in [3.05, 3.63) is 47.7 Å². The second-order valence-electron chi connectivity index (χ2n) is 5.65. The van der Waals surface area contributed by atoms with Crippen molar-refractivity contribution in [3.63, 3.8) is 0 Å². The van der Waals surface area contributed by atoms with Crippen LogP contribution in [0.4, 0.5) is 0 Å². The molecule has 2 aromatic heterocycles. The smallest absolute Gasteiger partial charge is 0.164 e. The molecule has 0 spiro atoms. The molecule has 0 radical (unpaired) electrons. The molecule has 0 saturated heterocycles. The Hall–Kier alpha value is -2.34. The number of fused-ring (bicyclic) bond motifs is 1. The molecule has 0 N–H and O–H groups in total. The monoisotopic (exact) mass is 327 g/mol. The summed E-state index contributed by atoms with van der Waals surface area (Å²) in [5.74, 6) is 3.08. The van der Waals surface area contributed by atoms with Crippen LogP contribution in [-0.4, -0.2) is 27.6 Å². The van der Waals surface area contributed by atoms with Crippen molar-refractivity contribution in [1.29, 1.82) is 0 Å². The molecular weight excluding hydrogens is 310 g/mol. The van der Waals surface area contributed by atoms with E-state index in [1.807, 2.05) is 36.1 Å². The minimum atomic E-state index is 0.411. The predicted molar refractivity (Wildman–Crippen MR) is 89.0 cm³/mol. The molecule has 0 amide bonds. The number of hydrogen-bond donors (Lipinski definition) is 0. The maximum absolute atomic E-state index is 5.97. The van der Waals surface area contributed by atoms with Crippen LogP contribution in [-0.2, 0) is 13.0 Å². The van der Waals surface area contributed by atoms with Crippen LogP contribution in [0.15, 0.2) is 42.2 Å². The average Bonchev–Trinajstić information content (AvgIpc) is 3.25. The van der Waals surface area contributed by atoms with E-state index < -0.39 is 0 Å². The van der Waals surface area contributed by atoms with Gasteiger partial charge in [0.2, 0.25) is 0 Å². The van der Waals surface area contributed by atoms with Crippen LogP contribution in [0.25, 0.3) is 11.4 Å². The largest absolute Gasteiger partial charge is 0.493 e. The highest BCUT2D eigenvalue weighted by Crippen LogP contribution is 2.36. The molecule has 4 rings (SSSR count). The SMILES string of the molecule is COc1cccc2c1OCC(Cn1ccnc1-c1cnsc1)C2. The molecule has 0 fully saturated rings. The van der Waals surface area contributed by atoms with Gasteiger partial charge in [-0.2, -0.15) is 0 Å². The fourth-order valence-electron chi connectivity index (χ4n) is 3.05. The first-order valence-corrected chi connectivity index (χ1v) is 8.38. The minimum Gasteiger partial charge on any atom is -0.493 e. The summed E-state index contributed by atoms with van der Waals surface area (Å²) in [5, 5.41) is 2.02. The molecule has 23 heavy (non-hydrogen) atoms. The van der Waals surface area contributed by atoms with Crippen molar-refractivity contribution < 1.29 is 9.47 Å². The molecule has 1 aromatic carbocycles. The van der Waals surface area contributed by atoms with Crippen molar-refractivity contribution in [2.75, 3.05) is 13.7 Å².